The molecule has 0 bridgehead atoms. The van der Waals surface area contributed by atoms with Crippen LogP contribution in [0.2, 0.25) is 0 Å². The average Bonchev–Trinajstić information content (AvgIpc) is 2.37. The number of hydrogen-bond acceptors (Lipinski definition) is 4. The summed E-state index contributed by atoms with van der Waals surface area (Å²) in [5.74, 6) is -4.59. The summed E-state index contributed by atoms with van der Waals surface area (Å²) in [5.41, 5.74) is 0.552. The highest BCUT2D eigenvalue weighted by Crippen LogP contribution is 2.28. The number of methoxy groups -OCH3 is 2. The number of aliphatic carboxylic acids is 2. The molecule has 1 unspecified atom stereocenters. The molecule has 1 aromatic carbocycles. The first-order chi connectivity index (χ1) is 9.01. The molecule has 6 heteroatoms. The van der Waals surface area contributed by atoms with Crippen LogP contribution in [0.3, 0.4) is 0 Å². The number of benzene rings is 1. The lowest BCUT2D eigenvalue weighted by atomic mass is 9.86. The second-order valence-corrected chi connectivity index (χ2v) is 3.99. The van der Waals surface area contributed by atoms with Crippen molar-refractivity contribution < 1.29 is 29.3 Å². The Bertz CT molecular complexity index is 442. The molecule has 0 aliphatic heterocycles. The SMILES string of the molecule is COCC(c1cccc(OC)c1)C(C(=O)O)C(=O)O. The van der Waals surface area contributed by atoms with Gasteiger partial charge in [-0.3, -0.25) is 9.59 Å². The van der Waals surface area contributed by atoms with Crippen LogP contribution < -0.4 is 4.74 Å². The van der Waals surface area contributed by atoms with E-state index in [-0.39, 0.29) is 6.61 Å². The van der Waals surface area contributed by atoms with Gasteiger partial charge in [0.15, 0.2) is 5.92 Å². The van der Waals surface area contributed by atoms with Gasteiger partial charge in [0.05, 0.1) is 13.7 Å². The van der Waals surface area contributed by atoms with E-state index in [0.717, 1.165) is 0 Å². The topological polar surface area (TPSA) is 93.1 Å². The first-order valence-corrected chi connectivity index (χ1v) is 5.59. The van der Waals surface area contributed by atoms with Crippen LogP contribution in [0.25, 0.3) is 0 Å². The third kappa shape index (κ3) is 3.69. The molecule has 2 N–H and O–H groups in total. The van der Waals surface area contributed by atoms with E-state index in [1.807, 2.05) is 0 Å². The first kappa shape index (κ1) is 15.0. The van der Waals surface area contributed by atoms with Gasteiger partial charge in [-0.2, -0.15) is 0 Å². The Hall–Kier alpha value is -2.08. The van der Waals surface area contributed by atoms with E-state index in [1.54, 1.807) is 24.3 Å². The van der Waals surface area contributed by atoms with Crippen molar-refractivity contribution in [3.63, 3.8) is 0 Å². The molecule has 0 aliphatic rings. The van der Waals surface area contributed by atoms with Crippen molar-refractivity contribution in [1.29, 1.82) is 0 Å². The molecular formula is C13H16O6. The standard InChI is InChI=1S/C13H16O6/c1-18-7-10(11(12(14)15)13(16)17)8-4-3-5-9(6-8)19-2/h3-6,10-11H,7H2,1-2H3,(H,14,15)(H,16,17). The van der Waals surface area contributed by atoms with Crippen molar-refractivity contribution in [1.82, 2.24) is 0 Å². The van der Waals surface area contributed by atoms with Gasteiger partial charge in [0, 0.05) is 13.0 Å². The van der Waals surface area contributed by atoms with Crippen LogP contribution in [0.15, 0.2) is 24.3 Å². The number of ether oxygens (including phenoxy) is 2. The summed E-state index contributed by atoms with van der Waals surface area (Å²) in [6, 6.07) is 6.65. The summed E-state index contributed by atoms with van der Waals surface area (Å²) >= 11 is 0. The Morgan fingerprint density at radius 3 is 2.32 bits per heavy atom. The Morgan fingerprint density at radius 1 is 1.21 bits per heavy atom. The van der Waals surface area contributed by atoms with E-state index < -0.39 is 23.8 Å². The zero-order valence-electron chi connectivity index (χ0n) is 10.7. The van der Waals surface area contributed by atoms with Gasteiger partial charge >= 0.3 is 11.9 Å². The summed E-state index contributed by atoms with van der Waals surface area (Å²) in [4.78, 5) is 22.2. The fourth-order valence-electron chi connectivity index (χ4n) is 1.89. The Labute approximate surface area is 110 Å². The van der Waals surface area contributed by atoms with Crippen molar-refractivity contribution >= 4 is 11.9 Å². The van der Waals surface area contributed by atoms with E-state index in [9.17, 15) is 9.59 Å². The largest absolute Gasteiger partial charge is 0.497 e. The molecule has 0 fully saturated rings. The molecule has 0 saturated heterocycles. The van der Waals surface area contributed by atoms with Crippen LogP contribution in [0.1, 0.15) is 11.5 Å². The Morgan fingerprint density at radius 2 is 1.84 bits per heavy atom. The molecule has 6 nitrogen and oxygen atoms in total. The maximum atomic E-state index is 11.1. The molecule has 1 atom stereocenters. The average molecular weight is 268 g/mol. The lowest BCUT2D eigenvalue weighted by Gasteiger charge is -2.21. The maximum absolute atomic E-state index is 11.1. The smallest absolute Gasteiger partial charge is 0.318 e. The third-order valence-corrected chi connectivity index (χ3v) is 2.80. The van der Waals surface area contributed by atoms with Gasteiger partial charge in [0.1, 0.15) is 5.75 Å². The predicted octanol–water partition coefficient (Wildman–Crippen LogP) is 1.21. The molecule has 0 aliphatic carbocycles. The van der Waals surface area contributed by atoms with Gasteiger partial charge in [-0.15, -0.1) is 0 Å². The van der Waals surface area contributed by atoms with E-state index >= 15 is 0 Å². The van der Waals surface area contributed by atoms with Gasteiger partial charge < -0.3 is 19.7 Å². The van der Waals surface area contributed by atoms with Gasteiger partial charge in [0.2, 0.25) is 0 Å². The van der Waals surface area contributed by atoms with Crippen molar-refractivity contribution in [2.75, 3.05) is 20.8 Å². The van der Waals surface area contributed by atoms with E-state index in [4.69, 9.17) is 19.7 Å². The van der Waals surface area contributed by atoms with Crippen LogP contribution in [-0.4, -0.2) is 43.0 Å². The highest BCUT2D eigenvalue weighted by Gasteiger charge is 2.36. The van der Waals surface area contributed by atoms with Gasteiger partial charge in [-0.1, -0.05) is 12.1 Å². The highest BCUT2D eigenvalue weighted by molar-refractivity contribution is 5.94. The number of rotatable bonds is 7. The minimum absolute atomic E-state index is 0.00354. The Kier molecular flexibility index (Phi) is 5.32. The maximum Gasteiger partial charge on any atom is 0.318 e. The molecule has 1 rings (SSSR count). The van der Waals surface area contributed by atoms with Crippen LogP contribution in [-0.2, 0) is 14.3 Å². The van der Waals surface area contributed by atoms with E-state index in [1.165, 1.54) is 14.2 Å². The molecular weight excluding hydrogens is 252 g/mol. The highest BCUT2D eigenvalue weighted by atomic mass is 16.5. The van der Waals surface area contributed by atoms with Crippen LogP contribution in [0.5, 0.6) is 5.75 Å². The first-order valence-electron chi connectivity index (χ1n) is 5.59. The summed E-state index contributed by atoms with van der Waals surface area (Å²) < 4.78 is 9.99. The predicted molar refractivity (Wildman–Crippen MR) is 66.4 cm³/mol. The Balaban J connectivity index is 3.17. The molecule has 0 heterocycles. The lowest BCUT2D eigenvalue weighted by Crippen LogP contribution is -2.32. The van der Waals surface area contributed by atoms with Crippen molar-refractivity contribution in [2.45, 2.75) is 5.92 Å². The molecule has 0 radical (unpaired) electrons. The minimum Gasteiger partial charge on any atom is -0.497 e. The van der Waals surface area contributed by atoms with Crippen molar-refractivity contribution in [2.24, 2.45) is 5.92 Å². The second-order valence-electron chi connectivity index (χ2n) is 3.99. The van der Waals surface area contributed by atoms with Crippen LogP contribution in [0, 0.1) is 5.92 Å². The van der Waals surface area contributed by atoms with E-state index in [0.29, 0.717) is 11.3 Å². The second kappa shape index (κ2) is 6.75. The zero-order chi connectivity index (χ0) is 14.4. The summed E-state index contributed by atoms with van der Waals surface area (Å²) in [5, 5.41) is 18.1. The quantitative estimate of drug-likeness (QED) is 0.722. The number of carboxylic acids is 2. The summed E-state index contributed by atoms with van der Waals surface area (Å²) in [6.45, 7) is -0.00354. The monoisotopic (exact) mass is 268 g/mol. The summed E-state index contributed by atoms with van der Waals surface area (Å²) in [6.07, 6.45) is 0. The molecule has 19 heavy (non-hydrogen) atoms. The normalized spacial score (nSPS) is 12.2. The number of carboxylic acid groups (broad SMARTS) is 2. The molecule has 0 amide bonds. The third-order valence-electron chi connectivity index (χ3n) is 2.80. The molecule has 0 spiro atoms. The lowest BCUT2D eigenvalue weighted by molar-refractivity contribution is -0.156. The van der Waals surface area contributed by atoms with Crippen molar-refractivity contribution in [3.8, 4) is 5.75 Å². The number of carbonyl (C=O) groups is 2. The molecule has 0 saturated carbocycles. The molecule has 1 aromatic rings. The van der Waals surface area contributed by atoms with Gasteiger partial charge in [0.25, 0.3) is 0 Å². The fraction of sp³-hybridized carbons (Fsp3) is 0.385. The van der Waals surface area contributed by atoms with Crippen molar-refractivity contribution in [3.05, 3.63) is 29.8 Å². The molecule has 0 aromatic heterocycles. The van der Waals surface area contributed by atoms with Gasteiger partial charge in [-0.25, -0.2) is 0 Å². The van der Waals surface area contributed by atoms with E-state index in [2.05, 4.69) is 0 Å². The molecule has 104 valence electrons. The summed E-state index contributed by atoms with van der Waals surface area (Å²) in [7, 11) is 2.88. The van der Waals surface area contributed by atoms with Gasteiger partial charge in [-0.05, 0) is 17.7 Å². The van der Waals surface area contributed by atoms with Crippen LogP contribution in [0.4, 0.5) is 0 Å². The van der Waals surface area contributed by atoms with Crippen LogP contribution >= 0.6 is 0 Å². The minimum atomic E-state index is -1.56. The zero-order valence-corrected chi connectivity index (χ0v) is 10.7. The fourth-order valence-corrected chi connectivity index (χ4v) is 1.89. The number of hydrogen-bond donors (Lipinski definition) is 2.